The highest BCUT2D eigenvalue weighted by Gasteiger charge is 2.69. The van der Waals surface area contributed by atoms with Crippen molar-refractivity contribution in [3.63, 3.8) is 0 Å². The Morgan fingerprint density at radius 1 is 0.732 bits per heavy atom. The summed E-state index contributed by atoms with van der Waals surface area (Å²) in [5.41, 5.74) is 11.7. The van der Waals surface area contributed by atoms with E-state index >= 15 is 0 Å². The molecule has 3 aliphatic rings. The molecule has 3 aliphatic heterocycles. The Labute approximate surface area is 239 Å². The molecule has 0 radical (unpaired) electrons. The molecule has 0 saturated carbocycles. The van der Waals surface area contributed by atoms with Crippen LogP contribution in [0.1, 0.15) is 67.6 Å². The zero-order chi connectivity index (χ0) is 27.6. The van der Waals surface area contributed by atoms with Crippen molar-refractivity contribution in [2.45, 2.75) is 45.1 Å². The van der Waals surface area contributed by atoms with Gasteiger partial charge in [-0.1, -0.05) is 70.2 Å². The summed E-state index contributed by atoms with van der Waals surface area (Å²) in [4.78, 5) is 0. The molecule has 4 heteroatoms. The minimum Gasteiger partial charge on any atom is -0.448 e. The van der Waals surface area contributed by atoms with Gasteiger partial charge in [-0.3, -0.25) is 0 Å². The Bertz CT molecular complexity index is 2040. The van der Waals surface area contributed by atoms with Crippen molar-refractivity contribution >= 4 is 11.0 Å². The molecule has 5 heterocycles. The van der Waals surface area contributed by atoms with Crippen LogP contribution >= 0.6 is 0 Å². The first kappa shape index (κ1) is 23.0. The first-order chi connectivity index (χ1) is 20.0. The number of imidazole rings is 1. The second kappa shape index (κ2) is 7.73. The van der Waals surface area contributed by atoms with E-state index in [1.807, 2.05) is 0 Å². The summed E-state index contributed by atoms with van der Waals surface area (Å²) in [6.45, 7) is 9.01. The van der Waals surface area contributed by atoms with Crippen LogP contribution in [-0.4, -0.2) is 4.57 Å². The van der Waals surface area contributed by atoms with Crippen molar-refractivity contribution in [2.24, 2.45) is 0 Å². The fourth-order valence-corrected chi connectivity index (χ4v) is 7.63. The van der Waals surface area contributed by atoms with Crippen LogP contribution in [0.2, 0.25) is 0 Å². The van der Waals surface area contributed by atoms with Gasteiger partial charge in [0.05, 0.1) is 16.7 Å². The molecule has 1 spiro atoms. The van der Waals surface area contributed by atoms with Crippen LogP contribution in [0.15, 0.2) is 103 Å². The highest BCUT2D eigenvalue weighted by atomic mass is 16.5. The molecule has 0 bridgehead atoms. The number of hydrogen-bond acceptors (Lipinski definition) is 1. The Balaban J connectivity index is 1.53. The number of ether oxygens (including phenoxy) is 1. The molecule has 2 aromatic heterocycles. The van der Waals surface area contributed by atoms with Crippen LogP contribution in [0.4, 0.5) is 0 Å². The van der Waals surface area contributed by atoms with Gasteiger partial charge in [-0.2, -0.15) is 13.7 Å². The normalized spacial score (nSPS) is 17.0. The molecule has 1 atom stereocenters. The maximum Gasteiger partial charge on any atom is 0.352 e. The van der Waals surface area contributed by atoms with Gasteiger partial charge in [0.2, 0.25) is 11.2 Å². The maximum absolute atomic E-state index is 6.89. The fraction of sp³-hybridized carbons (Fsp3) is 0.189. The van der Waals surface area contributed by atoms with Gasteiger partial charge >= 0.3 is 11.4 Å². The molecule has 4 nitrogen and oxygen atoms in total. The fourth-order valence-electron chi connectivity index (χ4n) is 7.63. The van der Waals surface area contributed by atoms with E-state index < -0.39 is 5.54 Å². The summed E-state index contributed by atoms with van der Waals surface area (Å²) in [5, 5.41) is 0. The second-order valence-electron chi connectivity index (χ2n) is 12.2. The molecule has 0 fully saturated rings. The summed E-state index contributed by atoms with van der Waals surface area (Å²) >= 11 is 0. The molecule has 9 rings (SSSR count). The van der Waals surface area contributed by atoms with Gasteiger partial charge in [-0.15, -0.1) is 0 Å². The van der Waals surface area contributed by atoms with Crippen LogP contribution in [0.5, 0.6) is 11.5 Å². The standard InChI is InChI=1S/C37H31N3O/c1-22(2)24-15-17-25(18-16-24)39-31-13-9-14-32-34(31)40-33-29(20-19-26(23(3)4)35(33)41-32)37(36(39)40)28-11-6-5-10-27(28)30-12-7-8-21-38(30)37/h5-23H,1-4H3/q+2. The van der Waals surface area contributed by atoms with Gasteiger partial charge < -0.3 is 4.74 Å². The zero-order valence-corrected chi connectivity index (χ0v) is 23.7. The van der Waals surface area contributed by atoms with E-state index in [9.17, 15) is 0 Å². The average Bonchev–Trinajstić information content (AvgIpc) is 3.60. The molecule has 0 aliphatic carbocycles. The van der Waals surface area contributed by atoms with E-state index in [2.05, 4.69) is 145 Å². The Morgan fingerprint density at radius 3 is 2.34 bits per heavy atom. The van der Waals surface area contributed by atoms with Gasteiger partial charge in [0, 0.05) is 17.7 Å². The van der Waals surface area contributed by atoms with Crippen molar-refractivity contribution < 1.29 is 13.9 Å². The van der Waals surface area contributed by atoms with Crippen LogP contribution in [0.25, 0.3) is 33.7 Å². The molecule has 0 amide bonds. The van der Waals surface area contributed by atoms with Crippen LogP contribution in [0.3, 0.4) is 0 Å². The lowest BCUT2D eigenvalue weighted by Crippen LogP contribution is -2.57. The molecule has 41 heavy (non-hydrogen) atoms. The summed E-state index contributed by atoms with van der Waals surface area (Å²) in [6, 6.07) is 35.8. The largest absolute Gasteiger partial charge is 0.448 e. The SMILES string of the molecule is CC(C)c1ccc(-n2c3[n+]4c5c(cccc52)Oc2c(C(C)C)ccc(c2-4)C32c3ccccc3-c3cccc[n+]32)cc1. The number of hydrogen-bond donors (Lipinski definition) is 0. The lowest BCUT2D eigenvalue weighted by atomic mass is 9.82. The van der Waals surface area contributed by atoms with E-state index in [-0.39, 0.29) is 0 Å². The monoisotopic (exact) mass is 533 g/mol. The van der Waals surface area contributed by atoms with Gasteiger partial charge in [0.1, 0.15) is 5.69 Å². The predicted octanol–water partition coefficient (Wildman–Crippen LogP) is 7.68. The summed E-state index contributed by atoms with van der Waals surface area (Å²) < 4.78 is 14.4. The quantitative estimate of drug-likeness (QED) is 0.214. The first-order valence-corrected chi connectivity index (χ1v) is 14.7. The molecule has 198 valence electrons. The number of para-hydroxylation sites is 1. The lowest BCUT2D eigenvalue weighted by molar-refractivity contribution is -0.733. The number of pyridine rings is 1. The van der Waals surface area contributed by atoms with Crippen molar-refractivity contribution in [3.05, 3.63) is 131 Å². The van der Waals surface area contributed by atoms with Crippen molar-refractivity contribution in [3.8, 4) is 34.1 Å². The molecule has 0 saturated heterocycles. The predicted molar refractivity (Wildman–Crippen MR) is 160 cm³/mol. The third-order valence-electron chi connectivity index (χ3n) is 9.43. The minimum absolute atomic E-state index is 0.332. The van der Waals surface area contributed by atoms with E-state index in [0.717, 1.165) is 28.2 Å². The van der Waals surface area contributed by atoms with Crippen molar-refractivity contribution in [1.82, 2.24) is 4.57 Å². The molecular formula is C37H31N3O+2. The average molecular weight is 534 g/mol. The molecule has 0 N–H and O–H groups in total. The van der Waals surface area contributed by atoms with E-state index in [1.54, 1.807) is 0 Å². The number of nitrogens with zero attached hydrogens (tertiary/aromatic N) is 3. The molecule has 6 aromatic rings. The van der Waals surface area contributed by atoms with Gasteiger partial charge in [-0.05, 0) is 59.9 Å². The smallest absolute Gasteiger partial charge is 0.352 e. The number of benzene rings is 4. The number of aromatic nitrogens is 3. The zero-order valence-electron chi connectivity index (χ0n) is 23.7. The Kier molecular flexibility index (Phi) is 4.35. The third kappa shape index (κ3) is 2.62. The highest BCUT2D eigenvalue weighted by Crippen LogP contribution is 2.56. The van der Waals surface area contributed by atoms with Crippen molar-refractivity contribution in [1.29, 1.82) is 0 Å². The molecule has 1 unspecified atom stereocenters. The van der Waals surface area contributed by atoms with Crippen molar-refractivity contribution in [2.75, 3.05) is 0 Å². The summed E-state index contributed by atoms with van der Waals surface area (Å²) in [7, 11) is 0. The van der Waals surface area contributed by atoms with E-state index in [0.29, 0.717) is 11.8 Å². The summed E-state index contributed by atoms with van der Waals surface area (Å²) in [6.07, 6.45) is 2.26. The van der Waals surface area contributed by atoms with Crippen LogP contribution < -0.4 is 13.9 Å². The topological polar surface area (TPSA) is 21.9 Å². The number of rotatable bonds is 3. The van der Waals surface area contributed by atoms with Gasteiger partial charge in [0.25, 0.3) is 0 Å². The van der Waals surface area contributed by atoms with Gasteiger partial charge in [0.15, 0.2) is 28.9 Å². The lowest BCUT2D eigenvalue weighted by Gasteiger charge is -2.22. The molecule has 4 aromatic carbocycles. The van der Waals surface area contributed by atoms with E-state index in [4.69, 9.17) is 4.74 Å². The first-order valence-electron chi connectivity index (χ1n) is 14.7. The van der Waals surface area contributed by atoms with E-state index in [1.165, 1.54) is 45.0 Å². The summed E-state index contributed by atoms with van der Waals surface area (Å²) in [5.74, 6) is 3.92. The molecular weight excluding hydrogens is 502 g/mol. The minimum atomic E-state index is -0.562. The Hall–Kier alpha value is -4.70. The Morgan fingerprint density at radius 2 is 1.54 bits per heavy atom. The van der Waals surface area contributed by atoms with Crippen LogP contribution in [-0.2, 0) is 5.54 Å². The van der Waals surface area contributed by atoms with Gasteiger partial charge in [-0.25, -0.2) is 0 Å². The maximum atomic E-state index is 6.89. The third-order valence-corrected chi connectivity index (χ3v) is 9.43. The second-order valence-corrected chi connectivity index (χ2v) is 12.2. The highest BCUT2D eigenvalue weighted by molar-refractivity contribution is 5.87. The van der Waals surface area contributed by atoms with Crippen LogP contribution in [0, 0.1) is 0 Å². The number of fused-ring (bicyclic) bond motifs is 7.